The standard InChI is InChI=1S/C17H30N4S.HI/c1-5-14-10-19-15(22-14)11-20-16(18-4)21-12-17(7-6-8-17)9-13(2)3;/h10,13H,5-9,11-12H2,1-4H3,(H2,18,20,21);1H. The van der Waals surface area contributed by atoms with Gasteiger partial charge in [-0.05, 0) is 37.0 Å². The number of hydrogen-bond acceptors (Lipinski definition) is 3. The molecular weight excluding hydrogens is 419 g/mol. The zero-order valence-corrected chi connectivity index (χ0v) is 18.0. The Morgan fingerprint density at radius 1 is 1.39 bits per heavy atom. The highest BCUT2D eigenvalue weighted by Gasteiger charge is 2.37. The minimum Gasteiger partial charge on any atom is -0.356 e. The fourth-order valence-corrected chi connectivity index (χ4v) is 4.04. The Hall–Kier alpha value is -0.370. The lowest BCUT2D eigenvalue weighted by Gasteiger charge is -2.43. The molecule has 0 unspecified atom stereocenters. The summed E-state index contributed by atoms with van der Waals surface area (Å²) in [7, 11) is 1.84. The van der Waals surface area contributed by atoms with E-state index in [1.54, 1.807) is 11.3 Å². The fourth-order valence-electron chi connectivity index (χ4n) is 3.24. The van der Waals surface area contributed by atoms with Crippen LogP contribution in [0.2, 0.25) is 0 Å². The number of halogens is 1. The second-order valence-electron chi connectivity index (χ2n) is 6.80. The molecule has 2 rings (SSSR count). The van der Waals surface area contributed by atoms with Crippen LogP contribution < -0.4 is 10.6 Å². The monoisotopic (exact) mass is 450 g/mol. The number of nitrogens with zero attached hydrogens (tertiary/aromatic N) is 2. The third-order valence-corrected chi connectivity index (χ3v) is 5.61. The van der Waals surface area contributed by atoms with Crippen LogP contribution in [0.5, 0.6) is 0 Å². The van der Waals surface area contributed by atoms with Gasteiger partial charge < -0.3 is 10.6 Å². The van der Waals surface area contributed by atoms with Gasteiger partial charge in [-0.3, -0.25) is 4.99 Å². The molecule has 1 fully saturated rings. The Labute approximate surface area is 162 Å². The fraction of sp³-hybridized carbons (Fsp3) is 0.765. The Balaban J connectivity index is 0.00000264. The summed E-state index contributed by atoms with van der Waals surface area (Å²) in [5.41, 5.74) is 0.488. The van der Waals surface area contributed by atoms with E-state index in [9.17, 15) is 0 Å². The SMILES string of the molecule is CCc1cnc(CNC(=NC)NCC2(CC(C)C)CCC2)s1.I. The first-order valence-electron chi connectivity index (χ1n) is 8.45. The second-order valence-corrected chi connectivity index (χ2v) is 8.00. The zero-order chi connectivity index (χ0) is 16.0. The van der Waals surface area contributed by atoms with Gasteiger partial charge in [-0.15, -0.1) is 35.3 Å². The zero-order valence-electron chi connectivity index (χ0n) is 14.8. The van der Waals surface area contributed by atoms with E-state index in [2.05, 4.69) is 41.4 Å². The lowest BCUT2D eigenvalue weighted by atomic mass is 9.64. The minimum atomic E-state index is 0. The number of nitrogens with one attached hydrogen (secondary N) is 2. The summed E-state index contributed by atoms with van der Waals surface area (Å²) < 4.78 is 0. The Morgan fingerprint density at radius 2 is 2.13 bits per heavy atom. The number of aryl methyl sites for hydroxylation is 1. The van der Waals surface area contributed by atoms with E-state index in [4.69, 9.17) is 0 Å². The smallest absolute Gasteiger partial charge is 0.191 e. The first kappa shape index (κ1) is 20.7. The molecule has 0 radical (unpaired) electrons. The van der Waals surface area contributed by atoms with Crippen molar-refractivity contribution in [3.63, 3.8) is 0 Å². The molecule has 0 amide bonds. The third kappa shape index (κ3) is 6.21. The summed E-state index contributed by atoms with van der Waals surface area (Å²) in [5, 5.41) is 8.03. The highest BCUT2D eigenvalue weighted by atomic mass is 127. The van der Waals surface area contributed by atoms with Crippen molar-refractivity contribution < 1.29 is 0 Å². The van der Waals surface area contributed by atoms with Crippen molar-refractivity contribution in [2.24, 2.45) is 16.3 Å². The van der Waals surface area contributed by atoms with Crippen LogP contribution in [0.25, 0.3) is 0 Å². The number of guanidine groups is 1. The minimum absolute atomic E-state index is 0. The maximum Gasteiger partial charge on any atom is 0.191 e. The molecular formula is C17H31IN4S. The second kappa shape index (κ2) is 9.81. The summed E-state index contributed by atoms with van der Waals surface area (Å²) in [6.45, 7) is 8.59. The van der Waals surface area contributed by atoms with Crippen LogP contribution in [-0.2, 0) is 13.0 Å². The van der Waals surface area contributed by atoms with Crippen molar-refractivity contribution in [3.8, 4) is 0 Å². The molecule has 1 saturated carbocycles. The molecule has 6 heteroatoms. The van der Waals surface area contributed by atoms with E-state index in [0.29, 0.717) is 5.41 Å². The molecule has 0 saturated heterocycles. The van der Waals surface area contributed by atoms with Crippen LogP contribution in [0.3, 0.4) is 0 Å². The summed E-state index contributed by atoms with van der Waals surface area (Å²) in [6.07, 6.45) is 8.41. The molecule has 4 nitrogen and oxygen atoms in total. The molecule has 1 aliphatic carbocycles. The van der Waals surface area contributed by atoms with Gasteiger partial charge >= 0.3 is 0 Å². The molecule has 132 valence electrons. The molecule has 0 bridgehead atoms. The van der Waals surface area contributed by atoms with Gasteiger partial charge in [-0.25, -0.2) is 4.98 Å². The molecule has 0 aromatic carbocycles. The number of hydrogen-bond donors (Lipinski definition) is 2. The van der Waals surface area contributed by atoms with Crippen LogP contribution in [0.4, 0.5) is 0 Å². The van der Waals surface area contributed by atoms with Crippen LogP contribution >= 0.6 is 35.3 Å². The van der Waals surface area contributed by atoms with E-state index in [-0.39, 0.29) is 24.0 Å². The molecule has 1 aromatic rings. The lowest BCUT2D eigenvalue weighted by molar-refractivity contribution is 0.104. The molecule has 0 aliphatic heterocycles. The van der Waals surface area contributed by atoms with Crippen molar-refractivity contribution in [2.75, 3.05) is 13.6 Å². The number of aromatic nitrogens is 1. The van der Waals surface area contributed by atoms with E-state index in [0.717, 1.165) is 36.4 Å². The van der Waals surface area contributed by atoms with Crippen molar-refractivity contribution >= 4 is 41.3 Å². The summed E-state index contributed by atoms with van der Waals surface area (Å²) in [4.78, 5) is 10.1. The molecule has 1 heterocycles. The predicted molar refractivity (Wildman–Crippen MR) is 111 cm³/mol. The van der Waals surface area contributed by atoms with Gasteiger partial charge in [-0.2, -0.15) is 0 Å². The van der Waals surface area contributed by atoms with Crippen LogP contribution in [0, 0.1) is 11.3 Å². The van der Waals surface area contributed by atoms with Gasteiger partial charge in [0.2, 0.25) is 0 Å². The number of thiazole rings is 1. The summed E-state index contributed by atoms with van der Waals surface area (Å²) in [6, 6.07) is 0. The molecule has 0 atom stereocenters. The average Bonchev–Trinajstić information content (AvgIpc) is 2.92. The average molecular weight is 450 g/mol. The first-order chi connectivity index (χ1) is 10.6. The maximum absolute atomic E-state index is 4.44. The van der Waals surface area contributed by atoms with Gasteiger partial charge in [0.15, 0.2) is 5.96 Å². The predicted octanol–water partition coefficient (Wildman–Crippen LogP) is 4.20. The molecule has 1 aromatic heterocycles. The van der Waals surface area contributed by atoms with Gasteiger partial charge in [-0.1, -0.05) is 27.2 Å². The van der Waals surface area contributed by atoms with Crippen LogP contribution in [0.15, 0.2) is 11.2 Å². The quantitative estimate of drug-likeness (QED) is 0.372. The lowest BCUT2D eigenvalue weighted by Crippen LogP contribution is -2.46. The van der Waals surface area contributed by atoms with Gasteiger partial charge in [0.25, 0.3) is 0 Å². The molecule has 23 heavy (non-hydrogen) atoms. The Bertz CT molecular complexity index is 495. The van der Waals surface area contributed by atoms with Crippen LogP contribution in [0.1, 0.15) is 56.3 Å². The third-order valence-electron chi connectivity index (χ3n) is 4.47. The van der Waals surface area contributed by atoms with Crippen molar-refractivity contribution in [3.05, 3.63) is 16.1 Å². The Morgan fingerprint density at radius 3 is 2.61 bits per heavy atom. The largest absolute Gasteiger partial charge is 0.356 e. The van der Waals surface area contributed by atoms with Crippen molar-refractivity contribution in [1.29, 1.82) is 0 Å². The van der Waals surface area contributed by atoms with Gasteiger partial charge in [0, 0.05) is 24.7 Å². The Kier molecular flexibility index (Phi) is 8.82. The molecule has 1 aliphatic rings. The van der Waals surface area contributed by atoms with E-state index in [1.165, 1.54) is 30.6 Å². The summed E-state index contributed by atoms with van der Waals surface area (Å²) in [5.74, 6) is 1.66. The summed E-state index contributed by atoms with van der Waals surface area (Å²) >= 11 is 1.78. The number of rotatable bonds is 7. The van der Waals surface area contributed by atoms with E-state index in [1.807, 2.05) is 13.2 Å². The normalized spacial score (nSPS) is 16.7. The van der Waals surface area contributed by atoms with E-state index < -0.39 is 0 Å². The topological polar surface area (TPSA) is 49.3 Å². The first-order valence-corrected chi connectivity index (χ1v) is 9.26. The van der Waals surface area contributed by atoms with Gasteiger partial charge in [0.1, 0.15) is 5.01 Å². The van der Waals surface area contributed by atoms with Crippen LogP contribution in [-0.4, -0.2) is 24.5 Å². The van der Waals surface area contributed by atoms with Gasteiger partial charge in [0.05, 0.1) is 6.54 Å². The number of aliphatic imine (C=N–C) groups is 1. The van der Waals surface area contributed by atoms with E-state index >= 15 is 0 Å². The molecule has 2 N–H and O–H groups in total. The molecule has 0 spiro atoms. The highest BCUT2D eigenvalue weighted by molar-refractivity contribution is 14.0. The maximum atomic E-state index is 4.44. The van der Waals surface area contributed by atoms with Crippen molar-refractivity contribution in [1.82, 2.24) is 15.6 Å². The highest BCUT2D eigenvalue weighted by Crippen LogP contribution is 2.45. The van der Waals surface area contributed by atoms with Crippen molar-refractivity contribution in [2.45, 2.75) is 59.4 Å².